The van der Waals surface area contributed by atoms with Crippen molar-refractivity contribution >= 4 is 0 Å². The molecule has 176 valence electrons. The smallest absolute Gasteiger partial charge is 0.422 e. The molecule has 0 N–H and O–H groups in total. The molecule has 0 fully saturated rings. The van der Waals surface area contributed by atoms with Crippen LogP contribution in [0.2, 0.25) is 0 Å². The molecule has 33 heavy (non-hydrogen) atoms. The van der Waals surface area contributed by atoms with E-state index in [4.69, 9.17) is 4.74 Å². The zero-order chi connectivity index (χ0) is 23.9. The maximum atomic E-state index is 13.6. The highest BCUT2D eigenvalue weighted by molar-refractivity contribution is 5.34. The number of hydrogen-bond donors (Lipinski definition) is 0. The molecule has 3 aromatic carbocycles. The first kappa shape index (κ1) is 24.5. The van der Waals surface area contributed by atoms with Crippen molar-refractivity contribution in [2.24, 2.45) is 0 Å². The van der Waals surface area contributed by atoms with Gasteiger partial charge in [0.15, 0.2) is 6.61 Å². The van der Waals surface area contributed by atoms with Gasteiger partial charge in [0.25, 0.3) is 0 Å². The van der Waals surface area contributed by atoms with E-state index in [2.05, 4.69) is 4.74 Å². The number of hydrogen-bond acceptors (Lipinski definition) is 2. The highest BCUT2D eigenvalue weighted by Crippen LogP contribution is 2.39. The van der Waals surface area contributed by atoms with Crippen molar-refractivity contribution in [3.63, 3.8) is 0 Å². The van der Waals surface area contributed by atoms with Crippen molar-refractivity contribution in [1.82, 2.24) is 0 Å². The molecule has 3 aromatic rings. The Kier molecular flexibility index (Phi) is 7.89. The van der Waals surface area contributed by atoms with Crippen molar-refractivity contribution in [2.75, 3.05) is 6.61 Å². The summed E-state index contributed by atoms with van der Waals surface area (Å²) < 4.78 is 88.0. The van der Waals surface area contributed by atoms with Gasteiger partial charge in [0, 0.05) is 0 Å². The number of halogens is 6. The first-order valence-electron chi connectivity index (χ1n) is 10.3. The largest absolute Gasteiger partial charge is 0.484 e. The molecule has 0 aliphatic rings. The SMILES string of the molecule is FC(F)(F)COc1ccc(C(CCCc2cccc(Oc3ccccc3)c2)C(F)(F)F)cc1. The van der Waals surface area contributed by atoms with Crippen LogP contribution in [0.4, 0.5) is 26.3 Å². The minimum atomic E-state index is -4.52. The molecule has 1 unspecified atom stereocenters. The molecular weight excluding hydrogens is 446 g/mol. The Morgan fingerprint density at radius 3 is 2.00 bits per heavy atom. The van der Waals surface area contributed by atoms with Crippen LogP contribution in [-0.2, 0) is 6.42 Å². The molecule has 0 aliphatic carbocycles. The standard InChI is InChI=1S/C25H22F6O2/c26-24(27,28)17-32-20-14-12-19(13-15-20)23(25(29,30)31)11-5-7-18-6-4-10-22(16-18)33-21-8-2-1-3-9-21/h1-4,6,8-10,12-16,23H,5,7,11,17H2. The van der Waals surface area contributed by atoms with Gasteiger partial charge in [-0.2, -0.15) is 26.3 Å². The second-order valence-electron chi connectivity index (χ2n) is 7.52. The summed E-state index contributed by atoms with van der Waals surface area (Å²) in [5, 5.41) is 0. The van der Waals surface area contributed by atoms with Crippen LogP contribution in [0.15, 0.2) is 78.9 Å². The molecule has 0 aromatic heterocycles. The quantitative estimate of drug-likeness (QED) is 0.296. The summed E-state index contributed by atoms with van der Waals surface area (Å²) in [5.41, 5.74) is 0.836. The maximum Gasteiger partial charge on any atom is 0.422 e. The van der Waals surface area contributed by atoms with Crippen molar-refractivity contribution in [3.05, 3.63) is 90.0 Å². The molecule has 0 saturated carbocycles. The number of rotatable bonds is 9. The normalized spacial score (nSPS) is 12.9. The lowest BCUT2D eigenvalue weighted by Crippen LogP contribution is -2.21. The van der Waals surface area contributed by atoms with Crippen LogP contribution in [0.1, 0.15) is 29.9 Å². The van der Waals surface area contributed by atoms with Gasteiger partial charge in [0.1, 0.15) is 17.2 Å². The van der Waals surface area contributed by atoms with Gasteiger partial charge in [-0.25, -0.2) is 0 Å². The topological polar surface area (TPSA) is 18.5 Å². The van der Waals surface area contributed by atoms with Crippen molar-refractivity contribution in [1.29, 1.82) is 0 Å². The lowest BCUT2D eigenvalue weighted by molar-refractivity contribution is -0.153. The van der Waals surface area contributed by atoms with Gasteiger partial charge in [-0.3, -0.25) is 0 Å². The van der Waals surface area contributed by atoms with Gasteiger partial charge >= 0.3 is 12.4 Å². The van der Waals surface area contributed by atoms with Crippen LogP contribution < -0.4 is 9.47 Å². The number of para-hydroxylation sites is 1. The molecule has 0 spiro atoms. The Morgan fingerprint density at radius 1 is 0.697 bits per heavy atom. The maximum absolute atomic E-state index is 13.6. The lowest BCUT2D eigenvalue weighted by atomic mass is 9.92. The van der Waals surface area contributed by atoms with Gasteiger partial charge in [0.2, 0.25) is 0 Å². The third kappa shape index (κ3) is 8.04. The molecule has 0 amide bonds. The van der Waals surface area contributed by atoms with Gasteiger partial charge in [-0.1, -0.05) is 42.5 Å². The summed E-state index contributed by atoms with van der Waals surface area (Å²) in [6, 6.07) is 20.9. The van der Waals surface area contributed by atoms with E-state index in [1.165, 1.54) is 0 Å². The van der Waals surface area contributed by atoms with E-state index in [-0.39, 0.29) is 24.2 Å². The molecule has 0 heterocycles. The zero-order valence-electron chi connectivity index (χ0n) is 17.5. The van der Waals surface area contributed by atoms with Crippen molar-refractivity contribution in [2.45, 2.75) is 37.5 Å². The molecule has 1 atom stereocenters. The second-order valence-corrected chi connectivity index (χ2v) is 7.52. The highest BCUT2D eigenvalue weighted by atomic mass is 19.4. The number of ether oxygens (including phenoxy) is 2. The minimum Gasteiger partial charge on any atom is -0.484 e. The van der Waals surface area contributed by atoms with E-state index in [0.29, 0.717) is 17.9 Å². The summed E-state index contributed by atoms with van der Waals surface area (Å²) in [6.07, 6.45) is -8.46. The van der Waals surface area contributed by atoms with Gasteiger partial charge in [0.05, 0.1) is 5.92 Å². The summed E-state index contributed by atoms with van der Waals surface area (Å²) in [6.45, 7) is -1.50. The molecule has 0 radical (unpaired) electrons. The van der Waals surface area contributed by atoms with Gasteiger partial charge in [-0.05, 0) is 66.8 Å². The van der Waals surface area contributed by atoms with E-state index >= 15 is 0 Å². The Labute approximate surface area is 187 Å². The summed E-state index contributed by atoms with van der Waals surface area (Å²) in [4.78, 5) is 0. The Morgan fingerprint density at radius 2 is 1.36 bits per heavy atom. The molecule has 0 bridgehead atoms. The third-order valence-corrected chi connectivity index (χ3v) is 4.92. The fraction of sp³-hybridized carbons (Fsp3) is 0.280. The molecular formula is C25H22F6O2. The number of benzene rings is 3. The molecule has 0 aliphatic heterocycles. The number of alkyl halides is 6. The fourth-order valence-corrected chi connectivity index (χ4v) is 3.38. The van der Waals surface area contributed by atoms with E-state index in [1.807, 2.05) is 24.3 Å². The van der Waals surface area contributed by atoms with Crippen LogP contribution in [-0.4, -0.2) is 19.0 Å². The lowest BCUT2D eigenvalue weighted by Gasteiger charge is -2.21. The fourth-order valence-electron chi connectivity index (χ4n) is 3.38. The summed E-state index contributed by atoms with van der Waals surface area (Å²) in [5.74, 6) is -0.597. The number of aryl methyl sites for hydroxylation is 1. The summed E-state index contributed by atoms with van der Waals surface area (Å²) >= 11 is 0. The van der Waals surface area contributed by atoms with Crippen LogP contribution in [0.25, 0.3) is 0 Å². The van der Waals surface area contributed by atoms with Crippen molar-refractivity contribution in [3.8, 4) is 17.2 Å². The van der Waals surface area contributed by atoms with E-state index < -0.39 is 24.9 Å². The minimum absolute atomic E-state index is 0.0111. The molecule has 0 saturated heterocycles. The first-order valence-corrected chi connectivity index (χ1v) is 10.3. The summed E-state index contributed by atoms with van der Waals surface area (Å²) in [7, 11) is 0. The van der Waals surface area contributed by atoms with Crippen molar-refractivity contribution < 1.29 is 35.8 Å². The van der Waals surface area contributed by atoms with Crippen LogP contribution >= 0.6 is 0 Å². The molecule has 8 heteroatoms. The van der Waals surface area contributed by atoms with E-state index in [1.54, 1.807) is 30.3 Å². The Bertz CT molecular complexity index is 998. The van der Waals surface area contributed by atoms with Crippen LogP contribution in [0.3, 0.4) is 0 Å². The Hall–Kier alpha value is -3.16. The zero-order valence-corrected chi connectivity index (χ0v) is 17.5. The second kappa shape index (κ2) is 10.6. The predicted octanol–water partition coefficient (Wildman–Crippen LogP) is 8.09. The monoisotopic (exact) mass is 468 g/mol. The van der Waals surface area contributed by atoms with Crippen LogP contribution in [0, 0.1) is 0 Å². The average Bonchev–Trinajstić information content (AvgIpc) is 2.75. The first-order chi connectivity index (χ1) is 15.6. The van der Waals surface area contributed by atoms with Gasteiger partial charge < -0.3 is 9.47 Å². The van der Waals surface area contributed by atoms with E-state index in [9.17, 15) is 26.3 Å². The molecule has 2 nitrogen and oxygen atoms in total. The molecule has 3 rings (SSSR count). The third-order valence-electron chi connectivity index (χ3n) is 4.92. The van der Waals surface area contributed by atoms with Crippen LogP contribution in [0.5, 0.6) is 17.2 Å². The Balaban J connectivity index is 1.60. The predicted molar refractivity (Wildman–Crippen MR) is 113 cm³/mol. The van der Waals surface area contributed by atoms with E-state index in [0.717, 1.165) is 29.8 Å². The average molecular weight is 468 g/mol. The highest BCUT2D eigenvalue weighted by Gasteiger charge is 2.40. The van der Waals surface area contributed by atoms with Gasteiger partial charge in [-0.15, -0.1) is 0 Å².